The molecule has 4 nitrogen and oxygen atoms in total. The molecule has 5 aromatic heterocycles. The molecule has 0 saturated heterocycles. The molecule has 0 fully saturated rings. The Balaban J connectivity index is 1.22. The van der Waals surface area contributed by atoms with E-state index in [1.165, 1.54) is 75.5 Å². The van der Waals surface area contributed by atoms with Crippen LogP contribution < -0.4 is 0 Å². The summed E-state index contributed by atoms with van der Waals surface area (Å²) in [6, 6.07) is 61.4. The number of fused-ring (bicyclic) bond motifs is 15. The Morgan fingerprint density at radius 3 is 1.91 bits per heavy atom. The number of thiophene rings is 1. The first kappa shape index (κ1) is 29.4. The quantitative estimate of drug-likeness (QED) is 0.182. The van der Waals surface area contributed by atoms with Crippen molar-refractivity contribution < 1.29 is 0 Å². The fourth-order valence-corrected chi connectivity index (χ4v) is 10.5. The van der Waals surface area contributed by atoms with Crippen molar-refractivity contribution in [1.82, 2.24) is 18.9 Å². The second-order valence-corrected chi connectivity index (χ2v) is 15.6. The van der Waals surface area contributed by atoms with Gasteiger partial charge in [0.2, 0.25) is 5.95 Å². The average molecular weight is 717 g/mol. The number of hydrogen-bond donors (Lipinski definition) is 0. The lowest BCUT2D eigenvalue weighted by Gasteiger charge is -2.12. The van der Waals surface area contributed by atoms with Crippen molar-refractivity contribution in [3.05, 3.63) is 170 Å². The van der Waals surface area contributed by atoms with Crippen LogP contribution in [0.15, 0.2) is 170 Å². The number of para-hydroxylation sites is 2. The van der Waals surface area contributed by atoms with Crippen molar-refractivity contribution >= 4 is 102 Å². The molecular weight excluding hydrogens is 689 g/mol. The summed E-state index contributed by atoms with van der Waals surface area (Å²) in [5.74, 6) is 0.677. The predicted molar refractivity (Wildman–Crippen MR) is 232 cm³/mol. The molecular formula is C50H28N4S. The van der Waals surface area contributed by atoms with Gasteiger partial charge in [0, 0.05) is 53.4 Å². The van der Waals surface area contributed by atoms with Gasteiger partial charge in [0.15, 0.2) is 0 Å². The normalized spacial score (nSPS) is 12.4. The summed E-state index contributed by atoms with van der Waals surface area (Å²) in [5.41, 5.74) is 11.3. The molecule has 5 heterocycles. The molecule has 0 spiro atoms. The van der Waals surface area contributed by atoms with Crippen LogP contribution in [-0.2, 0) is 0 Å². The van der Waals surface area contributed by atoms with Gasteiger partial charge in [0.25, 0.3) is 0 Å². The summed E-state index contributed by atoms with van der Waals surface area (Å²) in [5, 5.41) is 11.0. The maximum Gasteiger partial charge on any atom is 0.235 e. The lowest BCUT2D eigenvalue weighted by Crippen LogP contribution is -2.03. The highest BCUT2D eigenvalue weighted by Gasteiger charge is 2.26. The molecule has 0 radical (unpaired) electrons. The molecule has 0 aliphatic carbocycles. The molecule has 254 valence electrons. The van der Waals surface area contributed by atoms with Crippen LogP contribution in [0.5, 0.6) is 0 Å². The molecule has 0 atom stereocenters. The topological polar surface area (TPSA) is 35.1 Å². The standard InChI is InChI=1S/C50H28N4S/c1-2-12-29(13-3-1)30-22-24-32(25-23-30)45-49-46(36-18-8-11-21-42(36)55-49)52-50(51-45)54-41-28-38-34-16-6-9-19-39(34)53-40-20-10-7-17-35(40)44(48(38)53)43(41)37-27-26-31-14-4-5-15-33(31)47(37)54/h1-28H. The van der Waals surface area contributed by atoms with Gasteiger partial charge < -0.3 is 4.40 Å². The molecule has 55 heavy (non-hydrogen) atoms. The summed E-state index contributed by atoms with van der Waals surface area (Å²) < 4.78 is 7.14. The van der Waals surface area contributed by atoms with Crippen LogP contribution in [0.2, 0.25) is 0 Å². The van der Waals surface area contributed by atoms with Crippen LogP contribution >= 0.6 is 11.3 Å². The molecule has 8 aromatic carbocycles. The van der Waals surface area contributed by atoms with Crippen molar-refractivity contribution in [2.75, 3.05) is 0 Å². The zero-order valence-electron chi connectivity index (χ0n) is 29.4. The van der Waals surface area contributed by atoms with Crippen molar-refractivity contribution in [1.29, 1.82) is 0 Å². The molecule has 0 aliphatic heterocycles. The van der Waals surface area contributed by atoms with E-state index in [9.17, 15) is 0 Å². The summed E-state index contributed by atoms with van der Waals surface area (Å²) in [6.45, 7) is 0. The summed E-state index contributed by atoms with van der Waals surface area (Å²) in [7, 11) is 0. The van der Waals surface area contributed by atoms with E-state index >= 15 is 0 Å². The maximum absolute atomic E-state index is 5.62. The van der Waals surface area contributed by atoms with Crippen molar-refractivity contribution in [3.8, 4) is 28.3 Å². The van der Waals surface area contributed by atoms with E-state index in [0.29, 0.717) is 5.95 Å². The minimum Gasteiger partial charge on any atom is -0.308 e. The molecule has 0 N–H and O–H groups in total. The van der Waals surface area contributed by atoms with Gasteiger partial charge in [0.1, 0.15) is 0 Å². The van der Waals surface area contributed by atoms with Gasteiger partial charge >= 0.3 is 0 Å². The summed E-state index contributed by atoms with van der Waals surface area (Å²) >= 11 is 1.77. The maximum atomic E-state index is 5.62. The first-order valence-electron chi connectivity index (χ1n) is 18.7. The number of nitrogens with zero attached hydrogens (tertiary/aromatic N) is 4. The number of rotatable bonds is 3. The Morgan fingerprint density at radius 2 is 1.07 bits per heavy atom. The van der Waals surface area contributed by atoms with Crippen LogP contribution in [0, 0.1) is 0 Å². The van der Waals surface area contributed by atoms with E-state index in [4.69, 9.17) is 9.97 Å². The van der Waals surface area contributed by atoms with E-state index < -0.39 is 0 Å². The Labute approximate surface area is 318 Å². The zero-order chi connectivity index (χ0) is 35.8. The Hall–Kier alpha value is -7.08. The van der Waals surface area contributed by atoms with E-state index in [-0.39, 0.29) is 0 Å². The lowest BCUT2D eigenvalue weighted by atomic mass is 10.0. The Kier molecular flexibility index (Phi) is 5.74. The third-order valence-electron chi connectivity index (χ3n) is 11.7. The first-order chi connectivity index (χ1) is 27.3. The first-order valence-corrected chi connectivity index (χ1v) is 19.5. The SMILES string of the molecule is c1ccc(-c2ccc(-c3nc(-n4c5cc6c7ccccc7n7c8ccccc8c(c5c5ccc8ccccc8c54)c67)nc4c3sc3ccccc34)cc2)cc1. The zero-order valence-corrected chi connectivity index (χ0v) is 30.2. The highest BCUT2D eigenvalue weighted by molar-refractivity contribution is 7.26. The molecule has 13 rings (SSSR count). The molecule has 0 aliphatic rings. The molecule has 0 saturated carbocycles. The monoisotopic (exact) mass is 716 g/mol. The smallest absolute Gasteiger partial charge is 0.235 e. The van der Waals surface area contributed by atoms with Gasteiger partial charge in [-0.05, 0) is 40.8 Å². The number of hydrogen-bond acceptors (Lipinski definition) is 3. The van der Waals surface area contributed by atoms with E-state index in [1.807, 2.05) is 0 Å². The average Bonchev–Trinajstić information content (AvgIpc) is 3.99. The highest BCUT2D eigenvalue weighted by atomic mass is 32.1. The number of benzene rings is 8. The number of aromatic nitrogens is 4. The second-order valence-electron chi connectivity index (χ2n) is 14.5. The minimum absolute atomic E-state index is 0.677. The van der Waals surface area contributed by atoms with Crippen LogP contribution in [0.1, 0.15) is 0 Å². The largest absolute Gasteiger partial charge is 0.308 e. The third kappa shape index (κ3) is 3.89. The molecule has 0 amide bonds. The van der Waals surface area contributed by atoms with E-state index in [1.54, 1.807) is 11.3 Å². The van der Waals surface area contributed by atoms with Crippen LogP contribution in [0.25, 0.3) is 119 Å². The third-order valence-corrected chi connectivity index (χ3v) is 12.8. The van der Waals surface area contributed by atoms with Gasteiger partial charge in [-0.25, -0.2) is 9.97 Å². The molecule has 5 heteroatoms. The van der Waals surface area contributed by atoms with E-state index in [0.717, 1.165) is 37.9 Å². The predicted octanol–water partition coefficient (Wildman–Crippen LogP) is 13.6. The van der Waals surface area contributed by atoms with Crippen molar-refractivity contribution in [2.45, 2.75) is 0 Å². The van der Waals surface area contributed by atoms with Crippen LogP contribution in [-0.4, -0.2) is 18.9 Å². The van der Waals surface area contributed by atoms with Crippen LogP contribution in [0.3, 0.4) is 0 Å². The lowest BCUT2D eigenvalue weighted by molar-refractivity contribution is 1.02. The van der Waals surface area contributed by atoms with E-state index in [2.05, 4.69) is 179 Å². The Bertz CT molecular complexity index is 3700. The van der Waals surface area contributed by atoms with Gasteiger partial charge in [-0.1, -0.05) is 146 Å². The van der Waals surface area contributed by atoms with Crippen LogP contribution in [0.4, 0.5) is 0 Å². The minimum atomic E-state index is 0.677. The fourth-order valence-electron chi connectivity index (χ4n) is 9.31. The second kappa shape index (κ2) is 10.8. The van der Waals surface area contributed by atoms with Gasteiger partial charge in [-0.3, -0.25) is 4.57 Å². The van der Waals surface area contributed by atoms with Crippen molar-refractivity contribution in [3.63, 3.8) is 0 Å². The molecule has 0 bridgehead atoms. The molecule has 13 aromatic rings. The van der Waals surface area contributed by atoms with Crippen molar-refractivity contribution in [2.24, 2.45) is 0 Å². The van der Waals surface area contributed by atoms with Gasteiger partial charge in [0.05, 0.1) is 43.5 Å². The fraction of sp³-hybridized carbons (Fsp3) is 0. The van der Waals surface area contributed by atoms with Gasteiger partial charge in [-0.2, -0.15) is 0 Å². The summed E-state index contributed by atoms with van der Waals surface area (Å²) in [4.78, 5) is 11.2. The molecule has 0 unspecified atom stereocenters. The Morgan fingerprint density at radius 1 is 0.418 bits per heavy atom. The van der Waals surface area contributed by atoms with Gasteiger partial charge in [-0.15, -0.1) is 11.3 Å². The summed E-state index contributed by atoms with van der Waals surface area (Å²) in [6.07, 6.45) is 0. The highest BCUT2D eigenvalue weighted by Crippen LogP contribution is 2.48.